The minimum Gasteiger partial charge on any atom is -0.477 e. The van der Waals surface area contributed by atoms with Gasteiger partial charge in [-0.3, -0.25) is 19.5 Å². The predicted molar refractivity (Wildman–Crippen MR) is 72.4 cm³/mol. The molecular weight excluding hydrogens is 278 g/mol. The van der Waals surface area contributed by atoms with Crippen molar-refractivity contribution < 1.29 is 14.8 Å². The van der Waals surface area contributed by atoms with Crippen LogP contribution in [0.3, 0.4) is 0 Å². The zero-order chi connectivity index (χ0) is 15.6. The highest BCUT2D eigenvalue weighted by Crippen LogP contribution is 2.22. The highest BCUT2D eigenvalue weighted by Gasteiger charge is 2.23. The highest BCUT2D eigenvalue weighted by molar-refractivity contribution is 5.94. The lowest BCUT2D eigenvalue weighted by molar-refractivity contribution is -0.385. The monoisotopic (exact) mass is 289 g/mol. The zero-order valence-electron chi connectivity index (χ0n) is 11.0. The first-order valence-corrected chi connectivity index (χ1v) is 5.93. The van der Waals surface area contributed by atoms with E-state index in [1.165, 1.54) is 29.1 Å². The molecule has 0 amide bonds. The van der Waals surface area contributed by atoms with E-state index in [2.05, 4.69) is 4.98 Å². The molecule has 0 aliphatic rings. The van der Waals surface area contributed by atoms with Gasteiger partial charge in [-0.2, -0.15) is 0 Å². The number of hydrogen-bond donors (Lipinski definition) is 1. The molecule has 0 aliphatic carbocycles. The Hall–Kier alpha value is -3.03. The van der Waals surface area contributed by atoms with Gasteiger partial charge in [-0.25, -0.2) is 9.78 Å². The second-order valence-electron chi connectivity index (χ2n) is 4.37. The van der Waals surface area contributed by atoms with Crippen LogP contribution in [0.1, 0.15) is 21.6 Å². The minimum atomic E-state index is -1.41. The Kier molecular flexibility index (Phi) is 3.79. The van der Waals surface area contributed by atoms with Crippen LogP contribution >= 0.6 is 0 Å². The number of aromatic nitrogens is 2. The Morgan fingerprint density at radius 2 is 2.19 bits per heavy atom. The van der Waals surface area contributed by atoms with Crippen molar-refractivity contribution in [3.63, 3.8) is 0 Å². The molecule has 0 saturated carbocycles. The average molecular weight is 289 g/mol. The van der Waals surface area contributed by atoms with Gasteiger partial charge in [0.05, 0.1) is 17.8 Å². The van der Waals surface area contributed by atoms with E-state index in [0.717, 1.165) is 6.07 Å². The van der Waals surface area contributed by atoms with E-state index in [1.807, 2.05) is 0 Å². The maximum Gasteiger partial charge on any atom is 0.343 e. The number of aromatic carboxylic acids is 1. The van der Waals surface area contributed by atoms with Gasteiger partial charge in [-0.1, -0.05) is 12.1 Å². The van der Waals surface area contributed by atoms with Crippen LogP contribution in [0.15, 0.2) is 35.4 Å². The van der Waals surface area contributed by atoms with Crippen molar-refractivity contribution in [1.29, 1.82) is 0 Å². The SMILES string of the molecule is Cc1cc(=O)n(Cc2cccc([N+](=O)[O-])c2C(=O)O)cn1. The molecule has 0 radical (unpaired) electrons. The molecule has 0 unspecified atom stereocenters. The van der Waals surface area contributed by atoms with Crippen LogP contribution in [0.2, 0.25) is 0 Å². The highest BCUT2D eigenvalue weighted by atomic mass is 16.6. The molecule has 108 valence electrons. The molecule has 0 atom stereocenters. The van der Waals surface area contributed by atoms with Gasteiger partial charge in [-0.15, -0.1) is 0 Å². The number of hydrogen-bond acceptors (Lipinski definition) is 5. The smallest absolute Gasteiger partial charge is 0.343 e. The number of carboxylic acids is 1. The van der Waals surface area contributed by atoms with E-state index in [4.69, 9.17) is 0 Å². The van der Waals surface area contributed by atoms with Crippen LogP contribution in [-0.2, 0) is 6.54 Å². The molecule has 1 N–H and O–H groups in total. The lowest BCUT2D eigenvalue weighted by Gasteiger charge is -2.08. The number of nitro benzene ring substituents is 1. The molecule has 0 fully saturated rings. The molecule has 0 aliphatic heterocycles. The van der Waals surface area contributed by atoms with Crippen molar-refractivity contribution in [2.75, 3.05) is 0 Å². The number of carboxylic acid groups (broad SMARTS) is 1. The molecule has 8 heteroatoms. The summed E-state index contributed by atoms with van der Waals surface area (Å²) in [7, 11) is 0. The van der Waals surface area contributed by atoms with E-state index >= 15 is 0 Å². The number of aryl methyl sites for hydroxylation is 1. The standard InChI is InChI=1S/C13H11N3O5/c1-8-5-11(17)15(7-14-8)6-9-3-2-4-10(16(20)21)12(9)13(18)19/h2-5,7H,6H2,1H3,(H,18,19). The molecule has 0 spiro atoms. The molecule has 0 saturated heterocycles. The fourth-order valence-corrected chi connectivity index (χ4v) is 1.94. The maximum absolute atomic E-state index is 11.8. The van der Waals surface area contributed by atoms with Gasteiger partial charge in [0.25, 0.3) is 11.2 Å². The van der Waals surface area contributed by atoms with Gasteiger partial charge in [-0.05, 0) is 12.5 Å². The van der Waals surface area contributed by atoms with Crippen molar-refractivity contribution in [3.05, 3.63) is 67.9 Å². The molecule has 1 aromatic carbocycles. The molecule has 0 bridgehead atoms. The molecule has 8 nitrogen and oxygen atoms in total. The van der Waals surface area contributed by atoms with E-state index in [0.29, 0.717) is 5.69 Å². The van der Waals surface area contributed by atoms with E-state index in [-0.39, 0.29) is 17.7 Å². The Balaban J connectivity index is 2.54. The molecule has 2 rings (SSSR count). The van der Waals surface area contributed by atoms with Crippen molar-refractivity contribution in [1.82, 2.24) is 9.55 Å². The van der Waals surface area contributed by atoms with Crippen LogP contribution in [0, 0.1) is 17.0 Å². The summed E-state index contributed by atoms with van der Waals surface area (Å²) in [5, 5.41) is 20.1. The first-order chi connectivity index (χ1) is 9.90. The average Bonchev–Trinajstić information content (AvgIpc) is 2.41. The fourth-order valence-electron chi connectivity index (χ4n) is 1.94. The second kappa shape index (κ2) is 5.53. The quantitative estimate of drug-likeness (QED) is 0.668. The number of rotatable bonds is 4. The summed E-state index contributed by atoms with van der Waals surface area (Å²) in [5.74, 6) is -1.41. The van der Waals surface area contributed by atoms with Crippen LogP contribution in [0.25, 0.3) is 0 Å². The lowest BCUT2D eigenvalue weighted by Crippen LogP contribution is -2.22. The van der Waals surface area contributed by atoms with E-state index < -0.39 is 22.1 Å². The summed E-state index contributed by atoms with van der Waals surface area (Å²) in [6.07, 6.45) is 1.28. The third-order valence-corrected chi connectivity index (χ3v) is 2.90. The zero-order valence-corrected chi connectivity index (χ0v) is 11.0. The largest absolute Gasteiger partial charge is 0.477 e. The van der Waals surface area contributed by atoms with Crippen LogP contribution in [-0.4, -0.2) is 25.6 Å². The second-order valence-corrected chi connectivity index (χ2v) is 4.37. The van der Waals surface area contributed by atoms with Gasteiger partial charge in [0.15, 0.2) is 0 Å². The van der Waals surface area contributed by atoms with Crippen molar-refractivity contribution in [2.24, 2.45) is 0 Å². The summed E-state index contributed by atoms with van der Waals surface area (Å²) in [6.45, 7) is 1.55. The third kappa shape index (κ3) is 2.94. The maximum atomic E-state index is 11.8. The van der Waals surface area contributed by atoms with Crippen LogP contribution in [0.5, 0.6) is 0 Å². The van der Waals surface area contributed by atoms with Gasteiger partial charge < -0.3 is 5.11 Å². The topological polar surface area (TPSA) is 115 Å². The third-order valence-electron chi connectivity index (χ3n) is 2.90. The first-order valence-electron chi connectivity index (χ1n) is 5.93. The van der Waals surface area contributed by atoms with Crippen molar-refractivity contribution >= 4 is 11.7 Å². The van der Waals surface area contributed by atoms with E-state index in [9.17, 15) is 24.8 Å². The summed E-state index contributed by atoms with van der Waals surface area (Å²) >= 11 is 0. The molecule has 1 heterocycles. The minimum absolute atomic E-state index is 0.102. The van der Waals surface area contributed by atoms with Gasteiger partial charge >= 0.3 is 5.97 Å². The number of nitro groups is 1. The molecule has 2 aromatic rings. The van der Waals surface area contributed by atoms with Gasteiger partial charge in [0, 0.05) is 17.8 Å². The molecule has 21 heavy (non-hydrogen) atoms. The summed E-state index contributed by atoms with van der Waals surface area (Å²) in [4.78, 5) is 37.1. The number of benzene rings is 1. The Bertz CT molecular complexity index is 782. The number of nitrogens with zero attached hydrogens (tertiary/aromatic N) is 3. The Labute approximate surface area is 118 Å². The summed E-state index contributed by atoms with van der Waals surface area (Å²) in [6, 6.07) is 5.23. The lowest BCUT2D eigenvalue weighted by atomic mass is 10.1. The van der Waals surface area contributed by atoms with E-state index in [1.54, 1.807) is 6.92 Å². The first kappa shape index (κ1) is 14.4. The Morgan fingerprint density at radius 1 is 1.48 bits per heavy atom. The normalized spacial score (nSPS) is 10.3. The Morgan fingerprint density at radius 3 is 2.76 bits per heavy atom. The van der Waals surface area contributed by atoms with Gasteiger partial charge in [0.2, 0.25) is 0 Å². The fraction of sp³-hybridized carbons (Fsp3) is 0.154. The molecule has 1 aromatic heterocycles. The number of carbonyl (C=O) groups is 1. The van der Waals surface area contributed by atoms with Gasteiger partial charge in [0.1, 0.15) is 5.56 Å². The predicted octanol–water partition coefficient (Wildman–Crippen LogP) is 1.21. The van der Waals surface area contributed by atoms with Crippen LogP contribution < -0.4 is 5.56 Å². The molecular formula is C13H11N3O5. The van der Waals surface area contributed by atoms with Crippen molar-refractivity contribution in [3.8, 4) is 0 Å². The van der Waals surface area contributed by atoms with Crippen molar-refractivity contribution in [2.45, 2.75) is 13.5 Å². The van der Waals surface area contributed by atoms with Crippen LogP contribution in [0.4, 0.5) is 5.69 Å². The summed E-state index contributed by atoms with van der Waals surface area (Å²) < 4.78 is 1.19. The summed E-state index contributed by atoms with van der Waals surface area (Å²) in [5.41, 5.74) is -0.577.